The van der Waals surface area contributed by atoms with Crippen LogP contribution in [0.1, 0.15) is 25.2 Å². The number of methoxy groups -OCH3 is 2. The van der Waals surface area contributed by atoms with Crippen LogP contribution in [0, 0.1) is 5.92 Å². The van der Waals surface area contributed by atoms with Gasteiger partial charge in [-0.1, -0.05) is 37.3 Å². The Labute approximate surface area is 223 Å². The lowest BCUT2D eigenvalue weighted by Crippen LogP contribution is -2.52. The largest absolute Gasteiger partial charge is 0.467 e. The average Bonchev–Trinajstić information content (AvgIpc) is 3.61. The second kappa shape index (κ2) is 12.1. The van der Waals surface area contributed by atoms with Gasteiger partial charge in [0.1, 0.15) is 12.1 Å². The predicted molar refractivity (Wildman–Crippen MR) is 136 cm³/mol. The van der Waals surface area contributed by atoms with Crippen LogP contribution < -0.4 is 30.3 Å². The Morgan fingerprint density at radius 2 is 1.79 bits per heavy atom. The van der Waals surface area contributed by atoms with E-state index in [9.17, 15) is 14.4 Å². The maximum Gasteiger partial charge on any atom is 0.324 e. The summed E-state index contributed by atoms with van der Waals surface area (Å²) in [6.45, 7) is 3.37. The molecule has 0 bridgehead atoms. The van der Waals surface area contributed by atoms with Crippen molar-refractivity contribution in [2.45, 2.75) is 38.9 Å². The van der Waals surface area contributed by atoms with Crippen LogP contribution in [0.3, 0.4) is 0 Å². The first-order chi connectivity index (χ1) is 18.8. The minimum Gasteiger partial charge on any atom is -0.467 e. The van der Waals surface area contributed by atoms with Crippen LogP contribution in [-0.2, 0) is 27.3 Å². The van der Waals surface area contributed by atoms with Gasteiger partial charge in [-0.15, -0.1) is 15.2 Å². The number of ether oxygens (including phenoxy) is 2. The lowest BCUT2D eigenvalue weighted by atomic mass is 10.0. The molecule has 1 aliphatic heterocycles. The summed E-state index contributed by atoms with van der Waals surface area (Å²) in [5, 5.41) is 21.8. The van der Waals surface area contributed by atoms with E-state index in [2.05, 4.69) is 51.5 Å². The van der Waals surface area contributed by atoms with Gasteiger partial charge < -0.3 is 25.4 Å². The molecule has 2 atom stereocenters. The number of amides is 3. The molecule has 0 saturated carbocycles. The fourth-order valence-corrected chi connectivity index (χ4v) is 4.06. The second-order valence-corrected chi connectivity index (χ2v) is 8.87. The fraction of sp³-hybridized carbons (Fsp3) is 0.435. The Balaban J connectivity index is 1.44. The smallest absolute Gasteiger partial charge is 0.324 e. The topological polar surface area (TPSA) is 202 Å². The number of para-hydroxylation sites is 1. The maximum absolute atomic E-state index is 13.4. The Kier molecular flexibility index (Phi) is 8.43. The first kappa shape index (κ1) is 27.2. The van der Waals surface area contributed by atoms with Crippen molar-refractivity contribution < 1.29 is 23.9 Å². The third-order valence-electron chi connectivity index (χ3n) is 5.96. The molecular weight excluding hydrogens is 510 g/mol. The number of nitrogens with one attached hydrogen (secondary N) is 4. The van der Waals surface area contributed by atoms with Crippen molar-refractivity contribution in [3.8, 4) is 12.0 Å². The number of anilines is 2. The summed E-state index contributed by atoms with van der Waals surface area (Å²) in [5.41, 5.74) is 1.45. The van der Waals surface area contributed by atoms with Gasteiger partial charge in [-0.3, -0.25) is 19.3 Å². The standard InChI is InChI=1S/C23H29N11O5/c1-12(2)18(26-21-27-22(38-3)29-23(28-21)39-4)20(37)25-11-17(35)34-14-8-6-5-7-13(14)9-15(34)19(36)24-10-16-30-32-33-31-16/h5-8,12,15,18H,9-11H2,1-4H3,(H,24,36)(H,25,37)(H,26,27,28,29)(H,30,31,32,33)/t15-,18-/m0/s1. The van der Waals surface area contributed by atoms with Gasteiger partial charge in [-0.05, 0) is 17.5 Å². The number of fused-ring (bicyclic) bond motifs is 1. The molecule has 206 valence electrons. The molecular formula is C23H29N11O5. The zero-order valence-electron chi connectivity index (χ0n) is 21.8. The molecule has 4 rings (SSSR count). The molecule has 0 unspecified atom stereocenters. The van der Waals surface area contributed by atoms with E-state index < -0.39 is 23.9 Å². The van der Waals surface area contributed by atoms with Gasteiger partial charge in [0.2, 0.25) is 23.7 Å². The van der Waals surface area contributed by atoms with Crippen molar-refractivity contribution in [3.05, 3.63) is 35.7 Å². The highest BCUT2D eigenvalue weighted by molar-refractivity contribution is 6.05. The van der Waals surface area contributed by atoms with Gasteiger partial charge in [0.15, 0.2) is 5.82 Å². The zero-order chi connectivity index (χ0) is 27.9. The van der Waals surface area contributed by atoms with Crippen molar-refractivity contribution in [1.29, 1.82) is 0 Å². The number of H-pyrrole nitrogens is 1. The molecule has 3 aromatic rings. The van der Waals surface area contributed by atoms with Gasteiger partial charge in [0.05, 0.1) is 27.3 Å². The third kappa shape index (κ3) is 6.34. The molecule has 2 aromatic heterocycles. The van der Waals surface area contributed by atoms with Crippen LogP contribution in [0.4, 0.5) is 11.6 Å². The van der Waals surface area contributed by atoms with E-state index in [1.54, 1.807) is 12.1 Å². The third-order valence-corrected chi connectivity index (χ3v) is 5.96. The number of nitrogens with zero attached hydrogens (tertiary/aromatic N) is 7. The van der Waals surface area contributed by atoms with Crippen molar-refractivity contribution >= 4 is 29.4 Å². The summed E-state index contributed by atoms with van der Waals surface area (Å²) in [5.74, 6) is -1.10. The predicted octanol–water partition coefficient (Wildman–Crippen LogP) is -0.771. The van der Waals surface area contributed by atoms with E-state index >= 15 is 0 Å². The van der Waals surface area contributed by atoms with Crippen molar-refractivity contribution in [2.75, 3.05) is 31.0 Å². The highest BCUT2D eigenvalue weighted by Gasteiger charge is 2.38. The molecule has 0 radical (unpaired) electrons. The van der Waals surface area contributed by atoms with Crippen LogP contribution in [0.25, 0.3) is 0 Å². The van der Waals surface area contributed by atoms with E-state index in [4.69, 9.17) is 9.47 Å². The Morgan fingerprint density at radius 1 is 1.08 bits per heavy atom. The summed E-state index contributed by atoms with van der Waals surface area (Å²) in [6.07, 6.45) is 0.327. The molecule has 1 aromatic carbocycles. The second-order valence-electron chi connectivity index (χ2n) is 8.87. The first-order valence-electron chi connectivity index (χ1n) is 12.1. The molecule has 3 amide bonds. The molecule has 16 nitrogen and oxygen atoms in total. The molecule has 0 aliphatic carbocycles. The normalized spacial score (nSPS) is 14.9. The molecule has 4 N–H and O–H groups in total. The number of aromatic nitrogens is 7. The SMILES string of the molecule is COc1nc(N[C@H](C(=O)NCC(=O)N2c3ccccc3C[C@H]2C(=O)NCc2nn[nH]n2)C(C)C)nc(OC)n1. The van der Waals surface area contributed by atoms with E-state index in [1.165, 1.54) is 19.1 Å². The number of carbonyl (C=O) groups is 3. The monoisotopic (exact) mass is 539 g/mol. The van der Waals surface area contributed by atoms with Crippen LogP contribution in [0.15, 0.2) is 24.3 Å². The molecule has 0 fully saturated rings. The van der Waals surface area contributed by atoms with Crippen LogP contribution >= 0.6 is 0 Å². The van der Waals surface area contributed by atoms with E-state index in [0.717, 1.165) is 5.56 Å². The molecule has 39 heavy (non-hydrogen) atoms. The molecule has 1 aliphatic rings. The number of aromatic amines is 1. The quantitative estimate of drug-likeness (QED) is 0.237. The van der Waals surface area contributed by atoms with Crippen molar-refractivity contribution in [1.82, 2.24) is 46.2 Å². The lowest BCUT2D eigenvalue weighted by molar-refractivity contribution is -0.127. The van der Waals surface area contributed by atoms with E-state index in [-0.39, 0.29) is 42.9 Å². The molecule has 16 heteroatoms. The summed E-state index contributed by atoms with van der Waals surface area (Å²) >= 11 is 0. The highest BCUT2D eigenvalue weighted by atomic mass is 16.5. The van der Waals surface area contributed by atoms with Gasteiger partial charge >= 0.3 is 12.0 Å². The molecule has 0 spiro atoms. The molecule has 0 saturated heterocycles. The summed E-state index contributed by atoms with van der Waals surface area (Å²) in [4.78, 5) is 53.1. The van der Waals surface area contributed by atoms with Crippen LogP contribution in [0.2, 0.25) is 0 Å². The lowest BCUT2D eigenvalue weighted by Gasteiger charge is -2.26. The van der Waals surface area contributed by atoms with Crippen molar-refractivity contribution in [2.24, 2.45) is 5.92 Å². The fourth-order valence-electron chi connectivity index (χ4n) is 4.06. The highest BCUT2D eigenvalue weighted by Crippen LogP contribution is 2.32. The number of hydrogen-bond acceptors (Lipinski definition) is 12. The van der Waals surface area contributed by atoms with Gasteiger partial charge in [0.25, 0.3) is 0 Å². The zero-order valence-corrected chi connectivity index (χ0v) is 21.8. The van der Waals surface area contributed by atoms with E-state index in [0.29, 0.717) is 17.9 Å². The van der Waals surface area contributed by atoms with Gasteiger partial charge in [-0.25, -0.2) is 0 Å². The molecule has 3 heterocycles. The van der Waals surface area contributed by atoms with Gasteiger partial charge in [0, 0.05) is 12.1 Å². The Hall–Kier alpha value is -4.89. The Bertz CT molecular complexity index is 1300. The summed E-state index contributed by atoms with van der Waals surface area (Å²) in [6, 6.07) is 5.67. The first-order valence-corrected chi connectivity index (χ1v) is 12.1. The van der Waals surface area contributed by atoms with Crippen LogP contribution in [-0.4, -0.2) is 86.1 Å². The average molecular weight is 540 g/mol. The maximum atomic E-state index is 13.4. The van der Waals surface area contributed by atoms with E-state index in [1.807, 2.05) is 26.0 Å². The number of carbonyl (C=O) groups excluding carboxylic acids is 3. The number of hydrogen-bond donors (Lipinski definition) is 4. The number of rotatable bonds is 11. The van der Waals surface area contributed by atoms with Crippen molar-refractivity contribution in [3.63, 3.8) is 0 Å². The minimum absolute atomic E-state index is 0.0128. The van der Waals surface area contributed by atoms with Crippen LogP contribution in [0.5, 0.6) is 12.0 Å². The van der Waals surface area contributed by atoms with Gasteiger partial charge in [-0.2, -0.15) is 15.2 Å². The number of benzene rings is 1. The summed E-state index contributed by atoms with van der Waals surface area (Å²) in [7, 11) is 2.79. The Morgan fingerprint density at radius 3 is 2.44 bits per heavy atom. The summed E-state index contributed by atoms with van der Waals surface area (Å²) < 4.78 is 10.1. The minimum atomic E-state index is -0.803. The number of tetrazole rings is 1.